The number of hydrogen-bond acceptors (Lipinski definition) is 4. The Morgan fingerprint density at radius 2 is 2.21 bits per heavy atom. The molecule has 0 fully saturated rings. The van der Waals surface area contributed by atoms with Gasteiger partial charge in [0.2, 0.25) is 5.15 Å². The molecule has 1 heterocycles. The third-order valence-corrected chi connectivity index (χ3v) is 2.90. The number of carbonyl (C=O) groups is 1. The van der Waals surface area contributed by atoms with Gasteiger partial charge < -0.3 is 5.32 Å². The van der Waals surface area contributed by atoms with Crippen molar-refractivity contribution in [3.63, 3.8) is 0 Å². The summed E-state index contributed by atoms with van der Waals surface area (Å²) in [5.41, 5.74) is -0.504. The highest BCUT2D eigenvalue weighted by Crippen LogP contribution is 2.25. The van der Waals surface area contributed by atoms with Crippen molar-refractivity contribution in [1.29, 1.82) is 0 Å². The molecule has 19 heavy (non-hydrogen) atoms. The molecule has 0 aliphatic rings. The van der Waals surface area contributed by atoms with E-state index in [1.165, 1.54) is 12.3 Å². The molecule has 1 rings (SSSR count). The molecule has 0 spiro atoms. The first kappa shape index (κ1) is 15.4. The molecule has 0 aromatic carbocycles. The van der Waals surface area contributed by atoms with Gasteiger partial charge in [0.1, 0.15) is 5.56 Å². The zero-order valence-corrected chi connectivity index (χ0v) is 11.4. The van der Waals surface area contributed by atoms with E-state index >= 15 is 0 Å². The van der Waals surface area contributed by atoms with Crippen molar-refractivity contribution in [3.05, 3.63) is 33.1 Å². The van der Waals surface area contributed by atoms with Crippen LogP contribution in [0.1, 0.15) is 43.0 Å². The highest BCUT2D eigenvalue weighted by molar-refractivity contribution is 6.32. The molecule has 0 aliphatic heterocycles. The summed E-state index contributed by atoms with van der Waals surface area (Å²) in [6, 6.07) is 1.30. The molecule has 104 valence electrons. The fourth-order valence-electron chi connectivity index (χ4n) is 1.63. The molecule has 0 saturated carbocycles. The van der Waals surface area contributed by atoms with Crippen molar-refractivity contribution < 1.29 is 9.72 Å². The molecule has 6 nitrogen and oxygen atoms in total. The number of rotatable bonds is 7. The largest absolute Gasteiger partial charge is 0.352 e. The Kier molecular flexibility index (Phi) is 6.21. The second-order valence-corrected chi connectivity index (χ2v) is 4.43. The maximum Gasteiger partial charge on any atom is 0.319 e. The average Bonchev–Trinajstić information content (AvgIpc) is 2.37. The van der Waals surface area contributed by atoms with Crippen LogP contribution in [0, 0.1) is 10.1 Å². The van der Waals surface area contributed by atoms with Crippen LogP contribution >= 0.6 is 11.6 Å². The van der Waals surface area contributed by atoms with Gasteiger partial charge in [0.05, 0.1) is 4.92 Å². The van der Waals surface area contributed by atoms with Crippen LogP contribution in [-0.2, 0) is 0 Å². The van der Waals surface area contributed by atoms with E-state index in [1.807, 2.05) is 0 Å². The van der Waals surface area contributed by atoms with Gasteiger partial charge in [-0.2, -0.15) is 0 Å². The summed E-state index contributed by atoms with van der Waals surface area (Å²) in [5, 5.41) is 13.2. The number of halogens is 1. The minimum Gasteiger partial charge on any atom is -0.352 e. The number of nitro groups is 1. The molecule has 1 amide bonds. The summed E-state index contributed by atoms with van der Waals surface area (Å²) in [5.74, 6) is -0.493. The predicted octanol–water partition coefficient (Wildman–Crippen LogP) is 2.95. The molecule has 1 aromatic heterocycles. The molecule has 7 heteroatoms. The molecule has 0 unspecified atom stereocenters. The number of unbranched alkanes of at least 4 members (excludes halogenated alkanes) is 3. The summed E-state index contributed by atoms with van der Waals surface area (Å²) in [6.45, 7) is 2.59. The van der Waals surface area contributed by atoms with Crippen molar-refractivity contribution in [2.24, 2.45) is 0 Å². The number of hydrogen-bond donors (Lipinski definition) is 1. The summed E-state index contributed by atoms with van der Waals surface area (Å²) in [6.07, 6.45) is 5.37. The second kappa shape index (κ2) is 7.68. The van der Waals surface area contributed by atoms with E-state index < -0.39 is 16.5 Å². The van der Waals surface area contributed by atoms with Crippen molar-refractivity contribution >= 4 is 23.2 Å². The summed E-state index contributed by atoms with van der Waals surface area (Å²) < 4.78 is 0. The summed E-state index contributed by atoms with van der Waals surface area (Å²) in [4.78, 5) is 25.6. The molecule has 0 aliphatic carbocycles. The Bertz CT molecular complexity index is 466. The number of nitrogens with one attached hydrogen (secondary N) is 1. The molecule has 1 N–H and O–H groups in total. The SMILES string of the molecule is CCCCCCNC(=O)c1ccnc(Cl)c1[N+](=O)[O-]. The lowest BCUT2D eigenvalue weighted by Crippen LogP contribution is -2.25. The number of carbonyl (C=O) groups excluding carboxylic acids is 1. The number of nitrogens with zero attached hydrogens (tertiary/aromatic N) is 2. The summed E-state index contributed by atoms with van der Waals surface area (Å²) in [7, 11) is 0. The fraction of sp³-hybridized carbons (Fsp3) is 0.500. The van der Waals surface area contributed by atoms with E-state index in [1.54, 1.807) is 0 Å². The maximum atomic E-state index is 11.9. The first-order valence-corrected chi connectivity index (χ1v) is 6.52. The normalized spacial score (nSPS) is 10.2. The van der Waals surface area contributed by atoms with Gasteiger partial charge >= 0.3 is 5.69 Å². The lowest BCUT2D eigenvalue weighted by atomic mass is 10.2. The minimum absolute atomic E-state index is 0.0551. The van der Waals surface area contributed by atoms with Crippen LogP contribution in [0.25, 0.3) is 0 Å². The Morgan fingerprint density at radius 1 is 1.47 bits per heavy atom. The van der Waals surface area contributed by atoms with Crippen LogP contribution in [0.15, 0.2) is 12.3 Å². The van der Waals surface area contributed by atoms with E-state index in [0.717, 1.165) is 25.7 Å². The van der Waals surface area contributed by atoms with Gasteiger partial charge in [0, 0.05) is 12.7 Å². The quantitative estimate of drug-likeness (QED) is 0.361. The van der Waals surface area contributed by atoms with Gasteiger partial charge in [-0.25, -0.2) is 4.98 Å². The van der Waals surface area contributed by atoms with Gasteiger partial charge in [-0.3, -0.25) is 14.9 Å². The van der Waals surface area contributed by atoms with Crippen molar-refractivity contribution in [3.8, 4) is 0 Å². The van der Waals surface area contributed by atoms with Crippen molar-refractivity contribution in [1.82, 2.24) is 10.3 Å². The fourth-order valence-corrected chi connectivity index (χ4v) is 1.86. The van der Waals surface area contributed by atoms with E-state index in [9.17, 15) is 14.9 Å². The van der Waals surface area contributed by atoms with Gasteiger partial charge in [-0.15, -0.1) is 0 Å². The highest BCUT2D eigenvalue weighted by Gasteiger charge is 2.24. The van der Waals surface area contributed by atoms with Crippen molar-refractivity contribution in [2.45, 2.75) is 32.6 Å². The molecule has 0 saturated heterocycles. The van der Waals surface area contributed by atoms with Crippen LogP contribution in [-0.4, -0.2) is 22.4 Å². The number of pyridine rings is 1. The third kappa shape index (κ3) is 4.48. The Hall–Kier alpha value is -1.69. The van der Waals surface area contributed by atoms with Gasteiger partial charge in [0.15, 0.2) is 0 Å². The number of amides is 1. The maximum absolute atomic E-state index is 11.9. The zero-order valence-electron chi connectivity index (χ0n) is 10.7. The third-order valence-electron chi connectivity index (χ3n) is 2.62. The Balaban J connectivity index is 2.67. The predicted molar refractivity (Wildman–Crippen MR) is 72.4 cm³/mol. The highest BCUT2D eigenvalue weighted by atomic mass is 35.5. The number of aromatic nitrogens is 1. The van der Waals surface area contributed by atoms with E-state index in [2.05, 4.69) is 17.2 Å². The lowest BCUT2D eigenvalue weighted by Gasteiger charge is -2.06. The minimum atomic E-state index is -0.693. The van der Waals surface area contributed by atoms with E-state index in [-0.39, 0.29) is 10.7 Å². The van der Waals surface area contributed by atoms with Crippen LogP contribution in [0.3, 0.4) is 0 Å². The van der Waals surface area contributed by atoms with Gasteiger partial charge in [0.25, 0.3) is 5.91 Å². The average molecular weight is 286 g/mol. The zero-order chi connectivity index (χ0) is 14.3. The molecule has 0 radical (unpaired) electrons. The topological polar surface area (TPSA) is 85.1 Å². The second-order valence-electron chi connectivity index (χ2n) is 4.07. The Labute approximate surface area is 116 Å². The Morgan fingerprint density at radius 3 is 2.84 bits per heavy atom. The van der Waals surface area contributed by atoms with Crippen LogP contribution in [0.5, 0.6) is 0 Å². The molecule has 0 atom stereocenters. The monoisotopic (exact) mass is 285 g/mol. The standard InChI is InChI=1S/C12H16ClN3O3/c1-2-3-4-5-7-15-12(17)9-6-8-14-11(13)10(9)16(18)19/h6,8H,2-5,7H2,1H3,(H,15,17). The smallest absolute Gasteiger partial charge is 0.319 e. The van der Waals surface area contributed by atoms with Gasteiger partial charge in [-0.05, 0) is 12.5 Å². The summed E-state index contributed by atoms with van der Waals surface area (Å²) >= 11 is 5.64. The van der Waals surface area contributed by atoms with Crippen molar-refractivity contribution in [2.75, 3.05) is 6.54 Å². The van der Waals surface area contributed by atoms with Crippen LogP contribution in [0.4, 0.5) is 5.69 Å². The molecule has 0 bridgehead atoms. The molecular formula is C12H16ClN3O3. The first-order valence-electron chi connectivity index (χ1n) is 6.15. The lowest BCUT2D eigenvalue weighted by molar-refractivity contribution is -0.385. The first-order chi connectivity index (χ1) is 9.07. The van der Waals surface area contributed by atoms with Crippen LogP contribution in [0.2, 0.25) is 5.15 Å². The van der Waals surface area contributed by atoms with Crippen LogP contribution < -0.4 is 5.32 Å². The van der Waals surface area contributed by atoms with E-state index in [4.69, 9.17) is 11.6 Å². The molecular weight excluding hydrogens is 270 g/mol. The molecule has 1 aromatic rings. The van der Waals surface area contributed by atoms with E-state index in [0.29, 0.717) is 6.54 Å². The van der Waals surface area contributed by atoms with Gasteiger partial charge in [-0.1, -0.05) is 37.8 Å².